The van der Waals surface area contributed by atoms with Crippen molar-refractivity contribution in [2.75, 3.05) is 39.4 Å². The van der Waals surface area contributed by atoms with Crippen LogP contribution in [0.15, 0.2) is 39.1 Å². The van der Waals surface area contributed by atoms with Gasteiger partial charge in [0.05, 0.1) is 25.8 Å². The van der Waals surface area contributed by atoms with E-state index in [9.17, 15) is 0 Å². The van der Waals surface area contributed by atoms with Crippen LogP contribution in [0.4, 0.5) is 0 Å². The normalized spacial score (nSPS) is 16.9. The molecule has 1 saturated heterocycles. The van der Waals surface area contributed by atoms with E-state index in [0.717, 1.165) is 50.8 Å². The van der Waals surface area contributed by atoms with Crippen LogP contribution in [0, 0.1) is 6.92 Å². The largest absolute Gasteiger partial charge is 0.465 e. The number of hydrogen-bond acceptors (Lipinski definition) is 5. The molecular weight excluding hydrogens is 463 g/mol. The van der Waals surface area contributed by atoms with Crippen molar-refractivity contribution in [1.29, 1.82) is 0 Å². The van der Waals surface area contributed by atoms with Gasteiger partial charge in [0.15, 0.2) is 5.96 Å². The van der Waals surface area contributed by atoms with Crippen molar-refractivity contribution in [3.8, 4) is 0 Å². The van der Waals surface area contributed by atoms with Crippen LogP contribution >= 0.6 is 35.3 Å². The summed E-state index contributed by atoms with van der Waals surface area (Å²) >= 11 is 1.76. The average Bonchev–Trinajstić information content (AvgIpc) is 3.28. The van der Waals surface area contributed by atoms with Crippen LogP contribution in [0.5, 0.6) is 0 Å². The Bertz CT molecular complexity index is 669. The van der Waals surface area contributed by atoms with Gasteiger partial charge in [0, 0.05) is 24.5 Å². The highest BCUT2D eigenvalue weighted by atomic mass is 127. The van der Waals surface area contributed by atoms with Crippen LogP contribution in [0.2, 0.25) is 0 Å². The highest BCUT2D eigenvalue weighted by Crippen LogP contribution is 2.24. The zero-order valence-corrected chi connectivity index (χ0v) is 18.2. The van der Waals surface area contributed by atoms with Crippen molar-refractivity contribution < 1.29 is 9.15 Å². The molecule has 8 heteroatoms. The van der Waals surface area contributed by atoms with E-state index in [1.54, 1.807) is 11.3 Å². The fourth-order valence-electron chi connectivity index (χ4n) is 2.92. The van der Waals surface area contributed by atoms with E-state index in [-0.39, 0.29) is 30.0 Å². The molecule has 0 radical (unpaired) electrons. The maximum absolute atomic E-state index is 6.04. The van der Waals surface area contributed by atoms with E-state index in [1.165, 1.54) is 4.88 Å². The van der Waals surface area contributed by atoms with Crippen LogP contribution in [-0.2, 0) is 11.2 Å². The number of morpholine rings is 1. The Morgan fingerprint density at radius 2 is 2.15 bits per heavy atom. The molecule has 3 rings (SSSR count). The fourth-order valence-corrected chi connectivity index (χ4v) is 3.63. The highest BCUT2D eigenvalue weighted by molar-refractivity contribution is 14.0. The van der Waals surface area contributed by atoms with Crippen LogP contribution in [-0.4, -0.2) is 50.3 Å². The summed E-state index contributed by atoms with van der Waals surface area (Å²) in [5, 5.41) is 5.28. The Morgan fingerprint density at radius 1 is 1.35 bits per heavy atom. The minimum absolute atomic E-state index is 0. The summed E-state index contributed by atoms with van der Waals surface area (Å²) in [4.78, 5) is 8.24. The number of nitrogens with two attached hydrogens (primary N) is 1. The lowest BCUT2D eigenvalue weighted by molar-refractivity contribution is 0.0135. The lowest BCUT2D eigenvalue weighted by atomic mass is 10.2. The van der Waals surface area contributed by atoms with Crippen LogP contribution < -0.4 is 11.1 Å². The van der Waals surface area contributed by atoms with Gasteiger partial charge in [0.2, 0.25) is 0 Å². The Labute approximate surface area is 175 Å². The summed E-state index contributed by atoms with van der Waals surface area (Å²) in [5.41, 5.74) is 6.04. The molecule has 0 aliphatic carbocycles. The summed E-state index contributed by atoms with van der Waals surface area (Å²) in [5.74, 6) is 2.34. The van der Waals surface area contributed by atoms with E-state index in [2.05, 4.69) is 32.7 Å². The minimum Gasteiger partial charge on any atom is -0.465 e. The van der Waals surface area contributed by atoms with Crippen molar-refractivity contribution in [3.05, 3.63) is 46.0 Å². The number of thiophene rings is 1. The second-order valence-corrected chi connectivity index (χ2v) is 7.13. The summed E-state index contributed by atoms with van der Waals surface area (Å²) in [6.07, 6.45) is 0.957. The van der Waals surface area contributed by atoms with Crippen molar-refractivity contribution in [3.63, 3.8) is 0 Å². The molecule has 2 aromatic rings. The summed E-state index contributed by atoms with van der Waals surface area (Å²) < 4.78 is 11.3. The maximum Gasteiger partial charge on any atom is 0.188 e. The number of nitrogens with zero attached hydrogens (tertiary/aromatic N) is 2. The van der Waals surface area contributed by atoms with Crippen molar-refractivity contribution in [2.24, 2.45) is 10.7 Å². The molecule has 144 valence electrons. The van der Waals surface area contributed by atoms with Crippen LogP contribution in [0.1, 0.15) is 22.4 Å². The Hall–Kier alpha value is -1.10. The van der Waals surface area contributed by atoms with Gasteiger partial charge in [-0.1, -0.05) is 6.07 Å². The minimum atomic E-state index is 0. The van der Waals surface area contributed by atoms with Gasteiger partial charge in [-0.15, -0.1) is 35.3 Å². The molecule has 6 nitrogen and oxygen atoms in total. The molecule has 1 aliphatic heterocycles. The molecule has 0 spiro atoms. The molecule has 2 aromatic heterocycles. The van der Waals surface area contributed by atoms with Crippen LogP contribution in [0.3, 0.4) is 0 Å². The third-order valence-electron chi connectivity index (χ3n) is 4.27. The smallest absolute Gasteiger partial charge is 0.188 e. The number of rotatable bonds is 7. The number of nitrogens with one attached hydrogen (secondary N) is 1. The van der Waals surface area contributed by atoms with Gasteiger partial charge >= 0.3 is 0 Å². The number of hydrogen-bond donors (Lipinski definition) is 2. The topological polar surface area (TPSA) is 76.0 Å². The van der Waals surface area contributed by atoms with E-state index in [4.69, 9.17) is 14.9 Å². The first-order valence-electron chi connectivity index (χ1n) is 8.66. The average molecular weight is 490 g/mol. The number of furan rings is 1. The fraction of sp³-hybridized carbons (Fsp3) is 0.500. The van der Waals surface area contributed by atoms with E-state index >= 15 is 0 Å². The first kappa shape index (κ1) is 21.2. The zero-order chi connectivity index (χ0) is 17.5. The predicted octanol–water partition coefficient (Wildman–Crippen LogP) is 2.79. The molecule has 1 fully saturated rings. The quantitative estimate of drug-likeness (QED) is 0.355. The standard InChI is InChI=1S/C18H26N4O2S.HI/c1-14-4-5-17(24-14)16(22-8-10-23-11-9-22)13-21-18(19)20-7-6-15-3-2-12-25-15;/h2-5,12,16H,6-11,13H2,1H3,(H3,19,20,21);1H. The molecule has 0 saturated carbocycles. The summed E-state index contributed by atoms with van der Waals surface area (Å²) in [7, 11) is 0. The molecule has 0 aromatic carbocycles. The third kappa shape index (κ3) is 6.26. The Morgan fingerprint density at radius 3 is 2.81 bits per heavy atom. The maximum atomic E-state index is 6.04. The van der Waals surface area contributed by atoms with Gasteiger partial charge in [-0.3, -0.25) is 9.89 Å². The lowest BCUT2D eigenvalue weighted by Gasteiger charge is -2.32. The van der Waals surface area contributed by atoms with Gasteiger partial charge < -0.3 is 20.2 Å². The van der Waals surface area contributed by atoms with Crippen molar-refractivity contribution in [1.82, 2.24) is 10.2 Å². The number of guanidine groups is 1. The number of ether oxygens (including phenoxy) is 1. The zero-order valence-electron chi connectivity index (χ0n) is 15.0. The summed E-state index contributed by atoms with van der Waals surface area (Å²) in [6.45, 7) is 6.58. The van der Waals surface area contributed by atoms with Gasteiger partial charge in [-0.2, -0.15) is 0 Å². The molecule has 1 unspecified atom stereocenters. The number of halogens is 1. The molecule has 26 heavy (non-hydrogen) atoms. The second-order valence-electron chi connectivity index (χ2n) is 6.09. The van der Waals surface area contributed by atoms with Gasteiger partial charge in [0.25, 0.3) is 0 Å². The van der Waals surface area contributed by atoms with E-state index in [1.807, 2.05) is 19.1 Å². The van der Waals surface area contributed by atoms with Gasteiger partial charge in [-0.25, -0.2) is 0 Å². The molecule has 3 heterocycles. The van der Waals surface area contributed by atoms with Gasteiger partial charge in [0.1, 0.15) is 11.5 Å². The highest BCUT2D eigenvalue weighted by Gasteiger charge is 2.25. The SMILES string of the molecule is Cc1ccc(C(CN=C(N)NCCc2cccs2)N2CCOCC2)o1.I. The van der Waals surface area contributed by atoms with E-state index in [0.29, 0.717) is 12.5 Å². The molecule has 0 bridgehead atoms. The Kier molecular flexibility index (Phi) is 8.89. The first-order valence-corrected chi connectivity index (χ1v) is 9.54. The third-order valence-corrected chi connectivity index (χ3v) is 5.20. The number of aliphatic imine (C=N–C) groups is 1. The van der Waals surface area contributed by atoms with Gasteiger partial charge in [-0.05, 0) is 36.9 Å². The molecule has 3 N–H and O–H groups in total. The Balaban J connectivity index is 0.00000243. The van der Waals surface area contributed by atoms with E-state index < -0.39 is 0 Å². The monoisotopic (exact) mass is 490 g/mol. The van der Waals surface area contributed by atoms with Crippen molar-refractivity contribution >= 4 is 41.3 Å². The second kappa shape index (κ2) is 10.9. The molecule has 1 aliphatic rings. The molecule has 0 amide bonds. The first-order chi connectivity index (χ1) is 12.2. The molecule has 1 atom stereocenters. The van der Waals surface area contributed by atoms with Crippen molar-refractivity contribution in [2.45, 2.75) is 19.4 Å². The lowest BCUT2D eigenvalue weighted by Crippen LogP contribution is -2.41. The van der Waals surface area contributed by atoms with Crippen LogP contribution in [0.25, 0.3) is 0 Å². The molecular formula is C18H27IN4O2S. The predicted molar refractivity (Wildman–Crippen MR) is 117 cm³/mol. The summed E-state index contributed by atoms with van der Waals surface area (Å²) in [6, 6.07) is 8.32. The number of aryl methyl sites for hydroxylation is 1.